The lowest BCUT2D eigenvalue weighted by Gasteiger charge is -2.16. The number of halogens is 1. The summed E-state index contributed by atoms with van der Waals surface area (Å²) in [7, 11) is 1.83. The highest BCUT2D eigenvalue weighted by atomic mass is 35.5. The summed E-state index contributed by atoms with van der Waals surface area (Å²) in [6.07, 6.45) is -0.387. The Kier molecular flexibility index (Phi) is 7.76. The lowest BCUT2D eigenvalue weighted by molar-refractivity contribution is -0.115. The predicted molar refractivity (Wildman–Crippen MR) is 126 cm³/mol. The number of anilines is 2. The first-order valence-corrected chi connectivity index (χ1v) is 11.2. The van der Waals surface area contributed by atoms with Crippen LogP contribution in [-0.4, -0.2) is 31.8 Å². The lowest BCUT2D eigenvalue weighted by Crippen LogP contribution is -2.23. The van der Waals surface area contributed by atoms with Crippen LogP contribution in [0.15, 0.2) is 53.7 Å². The van der Waals surface area contributed by atoms with Crippen molar-refractivity contribution in [2.24, 2.45) is 7.05 Å². The first kappa shape index (κ1) is 23.6. The van der Waals surface area contributed by atoms with Crippen molar-refractivity contribution in [2.75, 3.05) is 10.6 Å². The zero-order valence-electron chi connectivity index (χ0n) is 18.1. The molecule has 1 aromatic heterocycles. The molecule has 2 atom stereocenters. The smallest absolute Gasteiger partial charge is 0.237 e. The number of nitrogens with one attached hydrogen (secondary N) is 2. The maximum absolute atomic E-state index is 12.7. The number of carbonyl (C=O) groups is 2. The van der Waals surface area contributed by atoms with Crippen molar-refractivity contribution in [1.82, 2.24) is 14.8 Å². The standard InChI is InChI=1S/C22H24ClN5O3S/c1-13(31-19-11-6-5-10-18(19)23)20-26-27-22(28(20)4)32-14(2)21(30)25-17-9-7-8-16(12-17)24-15(3)29/h5-14H,1-4H3,(H,24,29)(H,25,30). The predicted octanol–water partition coefficient (Wildman–Crippen LogP) is 4.69. The molecule has 3 rings (SSSR count). The van der Waals surface area contributed by atoms with Crippen LogP contribution in [0.4, 0.5) is 11.4 Å². The number of thioether (sulfide) groups is 1. The molecule has 8 nitrogen and oxygen atoms in total. The number of rotatable bonds is 8. The molecule has 2 amide bonds. The highest BCUT2D eigenvalue weighted by molar-refractivity contribution is 8.00. The van der Waals surface area contributed by atoms with Gasteiger partial charge in [-0.2, -0.15) is 0 Å². The van der Waals surface area contributed by atoms with Crippen LogP contribution in [0, 0.1) is 0 Å². The molecule has 0 saturated heterocycles. The quantitative estimate of drug-likeness (QED) is 0.461. The summed E-state index contributed by atoms with van der Waals surface area (Å²) in [4.78, 5) is 23.9. The third-order valence-electron chi connectivity index (χ3n) is 4.47. The van der Waals surface area contributed by atoms with Gasteiger partial charge in [-0.1, -0.05) is 41.6 Å². The van der Waals surface area contributed by atoms with Crippen LogP contribution in [0.1, 0.15) is 32.7 Å². The van der Waals surface area contributed by atoms with E-state index >= 15 is 0 Å². The minimum atomic E-state index is -0.435. The van der Waals surface area contributed by atoms with Crippen LogP contribution < -0.4 is 15.4 Å². The molecular weight excluding hydrogens is 450 g/mol. The summed E-state index contributed by atoms with van der Waals surface area (Å²) in [6.45, 7) is 5.08. The number of ether oxygens (including phenoxy) is 1. The van der Waals surface area contributed by atoms with Crippen molar-refractivity contribution in [3.63, 3.8) is 0 Å². The first-order valence-electron chi connectivity index (χ1n) is 9.90. The van der Waals surface area contributed by atoms with Gasteiger partial charge in [0.15, 0.2) is 17.1 Å². The van der Waals surface area contributed by atoms with Gasteiger partial charge in [-0.15, -0.1) is 10.2 Å². The fourth-order valence-electron chi connectivity index (χ4n) is 2.90. The Balaban J connectivity index is 1.63. The van der Waals surface area contributed by atoms with Gasteiger partial charge >= 0.3 is 0 Å². The molecule has 0 aliphatic heterocycles. The summed E-state index contributed by atoms with van der Waals surface area (Å²) >= 11 is 7.45. The van der Waals surface area contributed by atoms with Crippen molar-refractivity contribution in [3.05, 3.63) is 59.4 Å². The molecule has 2 aromatic carbocycles. The fraction of sp³-hybridized carbons (Fsp3) is 0.273. The Morgan fingerprint density at radius 1 is 1.06 bits per heavy atom. The Labute approximate surface area is 195 Å². The van der Waals surface area contributed by atoms with Gasteiger partial charge in [-0.25, -0.2) is 0 Å². The summed E-state index contributed by atoms with van der Waals surface area (Å²) in [6, 6.07) is 14.2. The third kappa shape index (κ3) is 6.02. The van der Waals surface area contributed by atoms with E-state index in [-0.39, 0.29) is 17.9 Å². The van der Waals surface area contributed by atoms with Gasteiger partial charge in [0, 0.05) is 25.3 Å². The Morgan fingerprint density at radius 2 is 1.75 bits per heavy atom. The number of aromatic nitrogens is 3. The number of hydrogen-bond acceptors (Lipinski definition) is 6. The highest BCUT2D eigenvalue weighted by Crippen LogP contribution is 2.30. The molecule has 10 heteroatoms. The van der Waals surface area contributed by atoms with Gasteiger partial charge < -0.3 is 19.9 Å². The molecule has 1 heterocycles. The van der Waals surface area contributed by atoms with E-state index < -0.39 is 5.25 Å². The summed E-state index contributed by atoms with van der Waals surface area (Å²) in [5.74, 6) is 0.805. The number of benzene rings is 2. The van der Waals surface area contributed by atoms with Crippen molar-refractivity contribution in [2.45, 2.75) is 37.3 Å². The number of amides is 2. The summed E-state index contributed by atoms with van der Waals surface area (Å²) in [5.41, 5.74) is 1.20. The van der Waals surface area contributed by atoms with Gasteiger partial charge in [0.05, 0.1) is 10.3 Å². The van der Waals surface area contributed by atoms with Gasteiger partial charge in [0.25, 0.3) is 0 Å². The van der Waals surface area contributed by atoms with Crippen molar-refractivity contribution >= 4 is 46.6 Å². The molecule has 0 fully saturated rings. The average Bonchev–Trinajstić information content (AvgIpc) is 3.09. The third-order valence-corrected chi connectivity index (χ3v) is 5.92. The molecule has 32 heavy (non-hydrogen) atoms. The Morgan fingerprint density at radius 3 is 2.44 bits per heavy atom. The minimum Gasteiger partial charge on any atom is -0.481 e. The lowest BCUT2D eigenvalue weighted by atomic mass is 10.2. The number of nitrogens with zero attached hydrogens (tertiary/aromatic N) is 3. The average molecular weight is 474 g/mol. The second-order valence-corrected chi connectivity index (χ2v) is 8.82. The Bertz CT molecular complexity index is 1120. The molecule has 0 aliphatic rings. The molecular formula is C22H24ClN5O3S. The Hall–Kier alpha value is -3.04. The van der Waals surface area contributed by atoms with E-state index in [2.05, 4.69) is 20.8 Å². The zero-order chi connectivity index (χ0) is 23.3. The van der Waals surface area contributed by atoms with Crippen LogP contribution in [0.2, 0.25) is 5.02 Å². The number of carbonyl (C=O) groups excluding carboxylic acids is 2. The largest absolute Gasteiger partial charge is 0.481 e. The second-order valence-electron chi connectivity index (χ2n) is 7.10. The molecule has 2 N–H and O–H groups in total. The maximum atomic E-state index is 12.7. The molecule has 0 radical (unpaired) electrons. The monoisotopic (exact) mass is 473 g/mol. The van der Waals surface area contributed by atoms with E-state index in [4.69, 9.17) is 16.3 Å². The van der Waals surface area contributed by atoms with Crippen LogP contribution in [0.3, 0.4) is 0 Å². The summed E-state index contributed by atoms with van der Waals surface area (Å²) in [5, 5.41) is 14.7. The normalized spacial score (nSPS) is 12.7. The number of para-hydroxylation sites is 1. The van der Waals surface area contributed by atoms with E-state index in [1.54, 1.807) is 47.9 Å². The van der Waals surface area contributed by atoms with Gasteiger partial charge in [0.2, 0.25) is 11.8 Å². The van der Waals surface area contributed by atoms with Gasteiger partial charge in [0.1, 0.15) is 5.75 Å². The van der Waals surface area contributed by atoms with Crippen molar-refractivity contribution in [3.8, 4) is 5.75 Å². The van der Waals surface area contributed by atoms with E-state index in [1.165, 1.54) is 18.7 Å². The van der Waals surface area contributed by atoms with Crippen LogP contribution >= 0.6 is 23.4 Å². The molecule has 0 saturated carbocycles. The zero-order valence-corrected chi connectivity index (χ0v) is 19.7. The fourth-order valence-corrected chi connectivity index (χ4v) is 3.90. The molecule has 2 unspecified atom stereocenters. The second kappa shape index (κ2) is 10.5. The van der Waals surface area contributed by atoms with Crippen molar-refractivity contribution in [1.29, 1.82) is 0 Å². The number of hydrogen-bond donors (Lipinski definition) is 2. The maximum Gasteiger partial charge on any atom is 0.237 e. The minimum absolute atomic E-state index is 0.178. The van der Waals surface area contributed by atoms with Gasteiger partial charge in [-0.05, 0) is 44.2 Å². The van der Waals surface area contributed by atoms with Crippen LogP contribution in [0.5, 0.6) is 5.75 Å². The topological polar surface area (TPSA) is 98.1 Å². The van der Waals surface area contributed by atoms with E-state index in [0.717, 1.165) is 0 Å². The van der Waals surface area contributed by atoms with E-state index in [1.807, 2.05) is 26.1 Å². The molecule has 3 aromatic rings. The van der Waals surface area contributed by atoms with E-state index in [0.29, 0.717) is 33.1 Å². The summed E-state index contributed by atoms with van der Waals surface area (Å²) < 4.78 is 7.72. The molecule has 0 aliphatic carbocycles. The molecule has 0 bridgehead atoms. The van der Waals surface area contributed by atoms with E-state index in [9.17, 15) is 9.59 Å². The van der Waals surface area contributed by atoms with Gasteiger partial charge in [-0.3, -0.25) is 9.59 Å². The van der Waals surface area contributed by atoms with Crippen LogP contribution in [0.25, 0.3) is 0 Å². The molecule has 0 spiro atoms. The highest BCUT2D eigenvalue weighted by Gasteiger charge is 2.22. The first-order chi connectivity index (χ1) is 15.2. The van der Waals surface area contributed by atoms with Crippen LogP contribution in [-0.2, 0) is 16.6 Å². The van der Waals surface area contributed by atoms with Crippen molar-refractivity contribution < 1.29 is 14.3 Å². The SMILES string of the molecule is CC(=O)Nc1cccc(NC(=O)C(C)Sc2nnc(C(C)Oc3ccccc3Cl)n2C)c1. The molecule has 168 valence electrons.